The van der Waals surface area contributed by atoms with Crippen LogP contribution < -0.4 is 0 Å². The Morgan fingerprint density at radius 1 is 1.06 bits per heavy atom. The van der Waals surface area contributed by atoms with Crippen molar-refractivity contribution in [1.82, 2.24) is 0 Å². The van der Waals surface area contributed by atoms with Crippen LogP contribution in [-0.4, -0.2) is 5.11 Å². The van der Waals surface area contributed by atoms with Gasteiger partial charge in [0.05, 0.1) is 0 Å². The Hall–Kier alpha value is -1.50. The number of phenolic OH excluding ortho intramolecular Hbond substituents is 1. The van der Waals surface area contributed by atoms with Crippen LogP contribution in [0.4, 0.5) is 0 Å². The summed E-state index contributed by atoms with van der Waals surface area (Å²) in [6.07, 6.45) is 1.17. The van der Waals surface area contributed by atoms with Gasteiger partial charge in [0.25, 0.3) is 0 Å². The third kappa shape index (κ3) is 2.35. The highest BCUT2D eigenvalue weighted by atomic mass is 16.3. The third-order valence-electron chi connectivity index (χ3n) is 4.43. The molecule has 2 rings (SSSR count). The lowest BCUT2D eigenvalue weighted by atomic mass is 9.74. The zero-order valence-corrected chi connectivity index (χ0v) is 11.7. The Bertz CT molecular complexity index is 555. The molecule has 0 radical (unpaired) electrons. The summed E-state index contributed by atoms with van der Waals surface area (Å²) in [6.45, 7) is 9.18. The average Bonchev–Trinajstić information content (AvgIpc) is 2.37. The number of rotatable bonds is 3. The first-order valence-corrected chi connectivity index (χ1v) is 6.67. The van der Waals surface area contributed by atoms with Crippen molar-refractivity contribution in [3.8, 4) is 5.75 Å². The molecular weight excluding hydrogens is 220 g/mol. The second-order valence-electron chi connectivity index (χ2n) is 5.85. The number of benzene rings is 2. The van der Waals surface area contributed by atoms with Gasteiger partial charge in [0.15, 0.2) is 0 Å². The van der Waals surface area contributed by atoms with Crippen LogP contribution in [-0.2, 0) is 0 Å². The van der Waals surface area contributed by atoms with Crippen LogP contribution >= 0.6 is 0 Å². The van der Waals surface area contributed by atoms with E-state index < -0.39 is 0 Å². The van der Waals surface area contributed by atoms with Gasteiger partial charge in [-0.15, -0.1) is 0 Å². The van der Waals surface area contributed by atoms with Crippen molar-refractivity contribution < 1.29 is 5.11 Å². The Kier molecular flexibility index (Phi) is 3.34. The predicted octanol–water partition coefficient (Wildman–Crippen LogP) is 5.09. The Labute approximate surface area is 109 Å². The normalized spacial score (nSPS) is 13.8. The van der Waals surface area contributed by atoms with E-state index in [-0.39, 0.29) is 0 Å². The van der Waals surface area contributed by atoms with Crippen LogP contribution in [0.1, 0.15) is 45.6 Å². The molecule has 0 saturated heterocycles. The molecule has 0 bridgehead atoms. The molecule has 1 nitrogen and oxygen atoms in total. The highest BCUT2D eigenvalue weighted by molar-refractivity contribution is 5.84. The molecule has 0 aromatic heterocycles. The van der Waals surface area contributed by atoms with Gasteiger partial charge in [-0.2, -0.15) is 0 Å². The first kappa shape index (κ1) is 12.9. The largest absolute Gasteiger partial charge is 0.508 e. The second kappa shape index (κ2) is 4.64. The maximum Gasteiger partial charge on any atom is 0.116 e. The lowest BCUT2D eigenvalue weighted by Crippen LogP contribution is -2.18. The van der Waals surface area contributed by atoms with Gasteiger partial charge in [0.2, 0.25) is 0 Å². The van der Waals surface area contributed by atoms with Crippen LogP contribution in [0.2, 0.25) is 0 Å². The van der Waals surface area contributed by atoms with Gasteiger partial charge in [-0.25, -0.2) is 0 Å². The molecule has 18 heavy (non-hydrogen) atoms. The highest BCUT2D eigenvalue weighted by Crippen LogP contribution is 2.38. The second-order valence-corrected chi connectivity index (χ2v) is 5.85. The number of aromatic hydroxyl groups is 1. The van der Waals surface area contributed by atoms with Crippen molar-refractivity contribution in [2.45, 2.75) is 40.0 Å². The SMILES string of the molecule is CCC(C)(C)C(C)c1ccc2cc(O)ccc2c1. The zero-order chi connectivity index (χ0) is 13.3. The van der Waals surface area contributed by atoms with Crippen molar-refractivity contribution in [3.63, 3.8) is 0 Å². The topological polar surface area (TPSA) is 20.2 Å². The summed E-state index contributed by atoms with van der Waals surface area (Å²) >= 11 is 0. The summed E-state index contributed by atoms with van der Waals surface area (Å²) in [5.74, 6) is 0.859. The highest BCUT2D eigenvalue weighted by Gasteiger charge is 2.25. The fourth-order valence-corrected chi connectivity index (χ4v) is 2.28. The monoisotopic (exact) mass is 242 g/mol. The fraction of sp³-hybridized carbons (Fsp3) is 0.412. The van der Waals surface area contributed by atoms with E-state index in [1.807, 2.05) is 12.1 Å². The number of phenols is 1. The van der Waals surface area contributed by atoms with Gasteiger partial charge in [-0.3, -0.25) is 0 Å². The zero-order valence-electron chi connectivity index (χ0n) is 11.7. The maximum atomic E-state index is 9.48. The molecule has 0 spiro atoms. The van der Waals surface area contributed by atoms with Gasteiger partial charge in [0, 0.05) is 0 Å². The molecule has 0 aliphatic carbocycles. The molecule has 1 heteroatoms. The maximum absolute atomic E-state index is 9.48. The van der Waals surface area contributed by atoms with E-state index in [1.165, 1.54) is 17.4 Å². The minimum Gasteiger partial charge on any atom is -0.508 e. The van der Waals surface area contributed by atoms with Crippen molar-refractivity contribution in [1.29, 1.82) is 0 Å². The van der Waals surface area contributed by atoms with E-state index in [0.717, 1.165) is 5.39 Å². The first-order valence-electron chi connectivity index (χ1n) is 6.67. The Morgan fingerprint density at radius 2 is 1.67 bits per heavy atom. The fourth-order valence-electron chi connectivity index (χ4n) is 2.28. The lowest BCUT2D eigenvalue weighted by molar-refractivity contribution is 0.289. The number of hydrogen-bond acceptors (Lipinski definition) is 1. The molecule has 96 valence electrons. The van der Waals surface area contributed by atoms with Crippen molar-refractivity contribution in [2.24, 2.45) is 5.41 Å². The van der Waals surface area contributed by atoms with Crippen LogP contribution in [0, 0.1) is 5.41 Å². The molecule has 0 aliphatic rings. The molecule has 2 aromatic carbocycles. The number of fused-ring (bicyclic) bond motifs is 1. The first-order chi connectivity index (χ1) is 8.44. The summed E-state index contributed by atoms with van der Waals surface area (Å²) < 4.78 is 0. The summed E-state index contributed by atoms with van der Waals surface area (Å²) in [6, 6.07) is 12.1. The van der Waals surface area contributed by atoms with Crippen LogP contribution in [0.15, 0.2) is 36.4 Å². The molecule has 0 amide bonds. The lowest BCUT2D eigenvalue weighted by Gasteiger charge is -2.31. The predicted molar refractivity (Wildman–Crippen MR) is 78.1 cm³/mol. The van der Waals surface area contributed by atoms with E-state index in [2.05, 4.69) is 45.9 Å². The molecule has 0 saturated carbocycles. The van der Waals surface area contributed by atoms with E-state index in [1.54, 1.807) is 6.07 Å². The minimum absolute atomic E-state index is 0.310. The quantitative estimate of drug-likeness (QED) is 0.795. The molecule has 1 unspecified atom stereocenters. The third-order valence-corrected chi connectivity index (χ3v) is 4.43. The smallest absolute Gasteiger partial charge is 0.116 e. The van der Waals surface area contributed by atoms with Gasteiger partial charge >= 0.3 is 0 Å². The Morgan fingerprint density at radius 3 is 2.33 bits per heavy atom. The van der Waals surface area contributed by atoms with E-state index in [9.17, 15) is 5.11 Å². The molecule has 2 aromatic rings. The summed E-state index contributed by atoms with van der Waals surface area (Å²) in [4.78, 5) is 0. The molecule has 1 N–H and O–H groups in total. The molecule has 0 fully saturated rings. The summed E-state index contributed by atoms with van der Waals surface area (Å²) in [7, 11) is 0. The van der Waals surface area contributed by atoms with Gasteiger partial charge in [-0.05, 0) is 39.8 Å². The molecule has 0 aliphatic heterocycles. The van der Waals surface area contributed by atoms with Gasteiger partial charge in [-0.1, -0.05) is 58.4 Å². The van der Waals surface area contributed by atoms with Gasteiger partial charge in [0.1, 0.15) is 5.75 Å². The molecular formula is C17H22O. The number of hydrogen-bond donors (Lipinski definition) is 1. The molecule has 0 heterocycles. The van der Waals surface area contributed by atoms with Crippen molar-refractivity contribution in [2.75, 3.05) is 0 Å². The van der Waals surface area contributed by atoms with Crippen molar-refractivity contribution in [3.05, 3.63) is 42.0 Å². The molecule has 1 atom stereocenters. The summed E-state index contributed by atoms with van der Waals surface area (Å²) in [5.41, 5.74) is 1.69. The van der Waals surface area contributed by atoms with Crippen LogP contribution in [0.3, 0.4) is 0 Å². The van der Waals surface area contributed by atoms with Crippen LogP contribution in [0.25, 0.3) is 10.8 Å². The Balaban J connectivity index is 2.44. The van der Waals surface area contributed by atoms with E-state index >= 15 is 0 Å². The van der Waals surface area contributed by atoms with E-state index in [4.69, 9.17) is 0 Å². The summed E-state index contributed by atoms with van der Waals surface area (Å²) in [5, 5.41) is 11.8. The standard InChI is InChI=1S/C17H22O/c1-5-17(3,4)12(2)13-6-7-15-11-16(18)9-8-14(15)10-13/h6-12,18H,5H2,1-4H3. The van der Waals surface area contributed by atoms with Crippen molar-refractivity contribution >= 4 is 10.8 Å². The van der Waals surface area contributed by atoms with E-state index in [0.29, 0.717) is 17.1 Å². The van der Waals surface area contributed by atoms with Gasteiger partial charge < -0.3 is 5.11 Å². The minimum atomic E-state index is 0.310. The average molecular weight is 242 g/mol. The van der Waals surface area contributed by atoms with Crippen LogP contribution in [0.5, 0.6) is 5.75 Å².